The van der Waals surface area contributed by atoms with Crippen LogP contribution in [0.25, 0.3) is 6.08 Å². The predicted molar refractivity (Wildman–Crippen MR) is 177 cm³/mol. The molecule has 4 aromatic carbocycles. The zero-order valence-electron chi connectivity index (χ0n) is 24.0. The van der Waals surface area contributed by atoms with Crippen LogP contribution in [-0.4, -0.2) is 37.2 Å². The minimum atomic E-state index is -0.549. The van der Waals surface area contributed by atoms with E-state index in [2.05, 4.69) is 16.0 Å². The van der Waals surface area contributed by atoms with Crippen molar-refractivity contribution in [3.63, 3.8) is 0 Å². The van der Waals surface area contributed by atoms with Gasteiger partial charge in [0.15, 0.2) is 0 Å². The highest BCUT2D eigenvalue weighted by Gasteiger charge is 2.18. The van der Waals surface area contributed by atoms with Crippen LogP contribution in [0.2, 0.25) is 10.0 Å². The predicted octanol–water partition coefficient (Wildman–Crippen LogP) is 7.54. The summed E-state index contributed by atoms with van der Waals surface area (Å²) in [6, 6.07) is 25.6. The molecule has 0 aliphatic carbocycles. The Balaban J connectivity index is 1.49. The second-order valence-corrected chi connectivity index (χ2v) is 11.6. The van der Waals surface area contributed by atoms with Crippen molar-refractivity contribution in [2.45, 2.75) is 17.1 Å². The first-order valence-corrected chi connectivity index (χ1v) is 14.9. The van der Waals surface area contributed by atoms with E-state index in [0.29, 0.717) is 44.0 Å². The summed E-state index contributed by atoms with van der Waals surface area (Å²) < 4.78 is 10.8. The van der Waals surface area contributed by atoms with Gasteiger partial charge in [-0.1, -0.05) is 41.4 Å². The van der Waals surface area contributed by atoms with Crippen molar-refractivity contribution in [1.29, 1.82) is 0 Å². The van der Waals surface area contributed by atoms with Crippen molar-refractivity contribution in [3.8, 4) is 11.5 Å². The van der Waals surface area contributed by atoms with E-state index in [1.54, 1.807) is 97.9 Å². The Morgan fingerprint density at radius 2 is 1.57 bits per heavy atom. The number of rotatable bonds is 11. The molecule has 0 aliphatic heterocycles. The van der Waals surface area contributed by atoms with Gasteiger partial charge in [-0.05, 0) is 85.8 Å². The summed E-state index contributed by atoms with van der Waals surface area (Å²) >= 11 is 13.4. The summed E-state index contributed by atoms with van der Waals surface area (Å²) in [6.07, 6.45) is 1.52. The van der Waals surface area contributed by atoms with Crippen molar-refractivity contribution in [2.75, 3.05) is 24.9 Å². The largest absolute Gasteiger partial charge is 0.497 e. The van der Waals surface area contributed by atoms with Gasteiger partial charge >= 0.3 is 0 Å². The third-order valence-electron chi connectivity index (χ3n) is 6.25. The average Bonchev–Trinajstić information content (AvgIpc) is 3.03. The average molecular weight is 651 g/mol. The van der Waals surface area contributed by atoms with Crippen LogP contribution >= 0.6 is 35.0 Å². The van der Waals surface area contributed by atoms with Crippen LogP contribution in [0.4, 0.5) is 11.4 Å². The maximum absolute atomic E-state index is 13.5. The minimum Gasteiger partial charge on any atom is -0.497 e. The van der Waals surface area contributed by atoms with Crippen LogP contribution in [0.5, 0.6) is 11.5 Å². The summed E-state index contributed by atoms with van der Waals surface area (Å²) in [5.74, 6) is -0.185. The quantitative estimate of drug-likeness (QED) is 0.114. The summed E-state index contributed by atoms with van der Waals surface area (Å²) in [5, 5.41) is 8.73. The Hall–Kier alpha value is -4.44. The summed E-state index contributed by atoms with van der Waals surface area (Å²) in [4.78, 5) is 40.0. The van der Waals surface area contributed by atoms with Gasteiger partial charge in [-0.15, -0.1) is 11.8 Å². The molecule has 0 bridgehead atoms. The Morgan fingerprint density at radius 1 is 0.841 bits per heavy atom. The molecule has 0 spiro atoms. The first kappa shape index (κ1) is 32.5. The van der Waals surface area contributed by atoms with E-state index in [1.165, 1.54) is 32.1 Å². The fraction of sp³-hybridized carbons (Fsp3) is 0.121. The molecule has 0 fully saturated rings. The van der Waals surface area contributed by atoms with Gasteiger partial charge in [0.25, 0.3) is 11.8 Å². The third kappa shape index (κ3) is 8.79. The Bertz CT molecular complexity index is 1680. The standard InChI is InChI=1S/C33H29Cl2N3O5S/c1-20(31(39)37-28-15-9-23(34)19-27(28)35)44-26-13-10-24(11-14-26)36-33(41)29(38-32(40)21-7-5-4-6-8-21)18-22-17-25(42-2)12-16-30(22)43-3/h4-20H,1-3H3,(H,36,41)(H,37,39)(H,38,40)/b29-18-. The highest BCUT2D eigenvalue weighted by Crippen LogP contribution is 2.29. The molecule has 0 saturated heterocycles. The van der Waals surface area contributed by atoms with Crippen LogP contribution in [0.15, 0.2) is 102 Å². The zero-order valence-corrected chi connectivity index (χ0v) is 26.3. The second kappa shape index (κ2) is 15.3. The maximum atomic E-state index is 13.5. The SMILES string of the molecule is COc1ccc(OC)c(/C=C(\NC(=O)c2ccccc2)C(=O)Nc2ccc(SC(C)C(=O)Nc3ccc(Cl)cc3Cl)cc2)c1. The number of amides is 3. The number of carbonyl (C=O) groups excluding carboxylic acids is 3. The first-order chi connectivity index (χ1) is 21.2. The van der Waals surface area contributed by atoms with E-state index in [9.17, 15) is 14.4 Å². The Morgan fingerprint density at radius 3 is 2.23 bits per heavy atom. The highest BCUT2D eigenvalue weighted by atomic mass is 35.5. The molecule has 1 atom stereocenters. The van der Waals surface area contributed by atoms with Crippen molar-refractivity contribution in [2.24, 2.45) is 0 Å². The lowest BCUT2D eigenvalue weighted by Crippen LogP contribution is -2.30. The van der Waals surface area contributed by atoms with E-state index in [1.807, 2.05) is 0 Å². The van der Waals surface area contributed by atoms with Gasteiger partial charge in [-0.3, -0.25) is 14.4 Å². The van der Waals surface area contributed by atoms with Crippen LogP contribution < -0.4 is 25.4 Å². The summed E-state index contributed by atoms with van der Waals surface area (Å²) in [7, 11) is 3.04. The molecule has 4 rings (SSSR count). The molecule has 8 nitrogen and oxygen atoms in total. The Kier molecular flexibility index (Phi) is 11.3. The number of anilines is 2. The lowest BCUT2D eigenvalue weighted by atomic mass is 10.1. The van der Waals surface area contributed by atoms with Gasteiger partial charge in [-0.25, -0.2) is 0 Å². The number of hydrogen-bond donors (Lipinski definition) is 3. The fourth-order valence-corrected chi connectivity index (χ4v) is 5.27. The number of ether oxygens (including phenoxy) is 2. The van der Waals surface area contributed by atoms with Crippen molar-refractivity contribution >= 4 is 70.1 Å². The van der Waals surface area contributed by atoms with Crippen LogP contribution in [0.3, 0.4) is 0 Å². The lowest BCUT2D eigenvalue weighted by Gasteiger charge is -2.14. The minimum absolute atomic E-state index is 0.00462. The molecule has 226 valence electrons. The van der Waals surface area contributed by atoms with Gasteiger partial charge in [-0.2, -0.15) is 0 Å². The van der Waals surface area contributed by atoms with E-state index in [-0.39, 0.29) is 11.6 Å². The molecule has 44 heavy (non-hydrogen) atoms. The van der Waals surface area contributed by atoms with E-state index < -0.39 is 17.1 Å². The monoisotopic (exact) mass is 649 g/mol. The molecule has 0 aliphatic rings. The number of benzene rings is 4. The van der Waals surface area contributed by atoms with E-state index in [4.69, 9.17) is 32.7 Å². The molecule has 11 heteroatoms. The number of carbonyl (C=O) groups is 3. The zero-order chi connectivity index (χ0) is 31.6. The van der Waals surface area contributed by atoms with Gasteiger partial charge in [0.05, 0.1) is 30.2 Å². The van der Waals surface area contributed by atoms with Gasteiger partial charge in [0.1, 0.15) is 17.2 Å². The number of nitrogens with one attached hydrogen (secondary N) is 3. The molecule has 0 saturated carbocycles. The van der Waals surface area contributed by atoms with E-state index >= 15 is 0 Å². The topological polar surface area (TPSA) is 106 Å². The van der Waals surface area contributed by atoms with Gasteiger partial charge in [0, 0.05) is 26.7 Å². The van der Waals surface area contributed by atoms with Crippen LogP contribution in [0.1, 0.15) is 22.8 Å². The smallest absolute Gasteiger partial charge is 0.272 e. The molecule has 4 aromatic rings. The lowest BCUT2D eigenvalue weighted by molar-refractivity contribution is -0.115. The van der Waals surface area contributed by atoms with Crippen LogP contribution in [0, 0.1) is 0 Å². The van der Waals surface area contributed by atoms with Crippen molar-refractivity contribution in [1.82, 2.24) is 5.32 Å². The molecular weight excluding hydrogens is 621 g/mol. The first-order valence-electron chi connectivity index (χ1n) is 13.3. The van der Waals surface area contributed by atoms with Gasteiger partial charge in [0.2, 0.25) is 5.91 Å². The van der Waals surface area contributed by atoms with Crippen LogP contribution in [-0.2, 0) is 9.59 Å². The number of methoxy groups -OCH3 is 2. The molecule has 0 aromatic heterocycles. The number of halogens is 2. The molecule has 3 amide bonds. The number of thioether (sulfide) groups is 1. The fourth-order valence-electron chi connectivity index (χ4n) is 3.95. The molecule has 1 unspecified atom stereocenters. The number of hydrogen-bond acceptors (Lipinski definition) is 6. The second-order valence-electron chi connectivity index (χ2n) is 9.34. The molecule has 0 heterocycles. The highest BCUT2D eigenvalue weighted by molar-refractivity contribution is 8.00. The summed E-state index contributed by atoms with van der Waals surface area (Å²) in [6.45, 7) is 1.78. The molecule has 0 radical (unpaired) electrons. The Labute approximate surface area is 269 Å². The third-order valence-corrected chi connectivity index (χ3v) is 7.91. The summed E-state index contributed by atoms with van der Waals surface area (Å²) in [5.41, 5.74) is 1.88. The molecule has 3 N–H and O–H groups in total. The van der Waals surface area contributed by atoms with Crippen molar-refractivity contribution in [3.05, 3.63) is 118 Å². The molecular formula is C33H29Cl2N3O5S. The van der Waals surface area contributed by atoms with E-state index in [0.717, 1.165) is 4.90 Å². The maximum Gasteiger partial charge on any atom is 0.272 e. The normalized spacial score (nSPS) is 11.7. The van der Waals surface area contributed by atoms with Crippen molar-refractivity contribution < 1.29 is 23.9 Å². The van der Waals surface area contributed by atoms with Gasteiger partial charge < -0.3 is 25.4 Å².